The van der Waals surface area contributed by atoms with Gasteiger partial charge >= 0.3 is 35.8 Å². The molecule has 3 aromatic rings. The van der Waals surface area contributed by atoms with E-state index in [1.165, 1.54) is 31.4 Å². The highest BCUT2D eigenvalue weighted by atomic mass is 16.7. The molecule has 18 nitrogen and oxygen atoms in total. The predicted octanol–water partition coefficient (Wildman–Crippen LogP) is 9.80. The molecule has 79 heavy (non-hydrogen) atoms. The number of hydrogen-bond acceptors (Lipinski definition) is 17. The smallest absolute Gasteiger partial charge is 0.338 e. The number of ether oxygens (including phenoxy) is 10. The number of unbranched alkanes of at least 4 members (excludes halogenated alkanes) is 9. The number of carbonyl (C=O) groups excluding carboxylic acids is 7. The van der Waals surface area contributed by atoms with E-state index in [0.29, 0.717) is 25.7 Å². The average Bonchev–Trinajstić information content (AvgIpc) is 3.43. The summed E-state index contributed by atoms with van der Waals surface area (Å²) in [6, 6.07) is 23.3. The van der Waals surface area contributed by atoms with Crippen molar-refractivity contribution in [1.82, 2.24) is 5.32 Å². The first-order valence-electron chi connectivity index (χ1n) is 27.5. The van der Waals surface area contributed by atoms with Crippen LogP contribution in [0.1, 0.15) is 163 Å². The third kappa shape index (κ3) is 25.5. The summed E-state index contributed by atoms with van der Waals surface area (Å²) >= 11 is 0. The molecule has 1 N–H and O–H groups in total. The molecule has 18 heteroatoms. The zero-order valence-electron chi connectivity index (χ0n) is 47.3. The van der Waals surface area contributed by atoms with Crippen molar-refractivity contribution >= 4 is 41.7 Å². The van der Waals surface area contributed by atoms with Crippen LogP contribution in [0.4, 0.5) is 0 Å². The van der Waals surface area contributed by atoms with Crippen LogP contribution in [-0.4, -0.2) is 129 Å². The second-order valence-corrected chi connectivity index (χ2v) is 21.2. The molecule has 1 fully saturated rings. The van der Waals surface area contributed by atoms with Crippen LogP contribution < -0.4 is 5.32 Å². The zero-order valence-corrected chi connectivity index (χ0v) is 47.3. The molecule has 0 radical (unpaired) electrons. The second-order valence-electron chi connectivity index (χ2n) is 21.2. The lowest BCUT2D eigenvalue weighted by Crippen LogP contribution is -2.63. The maximum atomic E-state index is 14.2. The minimum absolute atomic E-state index is 0.112. The van der Waals surface area contributed by atoms with Gasteiger partial charge in [-0.25, -0.2) is 24.0 Å². The second kappa shape index (κ2) is 34.5. The largest absolute Gasteiger partial charge is 0.469 e. The summed E-state index contributed by atoms with van der Waals surface area (Å²) in [7, 11) is 1.36. The van der Waals surface area contributed by atoms with Gasteiger partial charge in [0.25, 0.3) is 0 Å². The SMILES string of the molecule is CCCCCC/C=C/[C@@H](OC(=O)c1ccccc1)[C@H](CO[C@H]1O[C@H](COCC(=O)OC(C)(C)C)[C@H](OCC(=O)OC(C)(C)C)[C@H](OC(=O)c2ccccc2)[C@H]1OC(=O)c1ccccc1)NC(=O)CCCCCCCCC(=O)OC. The molecule has 0 bridgehead atoms. The first-order chi connectivity index (χ1) is 37.8. The van der Waals surface area contributed by atoms with Crippen molar-refractivity contribution < 1.29 is 80.9 Å². The van der Waals surface area contributed by atoms with Crippen LogP contribution in [0.5, 0.6) is 0 Å². The Bertz CT molecular complexity index is 2350. The van der Waals surface area contributed by atoms with Crippen LogP contribution in [0.3, 0.4) is 0 Å². The Labute approximate surface area is 465 Å². The summed E-state index contributed by atoms with van der Waals surface area (Å²) in [6.45, 7) is 10.1. The van der Waals surface area contributed by atoms with E-state index in [0.717, 1.165) is 51.4 Å². The number of esters is 6. The van der Waals surface area contributed by atoms with E-state index in [2.05, 4.69) is 12.2 Å². The lowest BCUT2D eigenvalue weighted by Gasteiger charge is -2.45. The molecule has 0 aromatic heterocycles. The van der Waals surface area contributed by atoms with Crippen molar-refractivity contribution in [2.75, 3.05) is 33.5 Å². The Kier molecular flexibility index (Phi) is 28.4. The van der Waals surface area contributed by atoms with Gasteiger partial charge < -0.3 is 52.7 Å². The summed E-state index contributed by atoms with van der Waals surface area (Å²) in [5.41, 5.74) is -1.26. The van der Waals surface area contributed by atoms with E-state index in [-0.39, 0.29) is 35.0 Å². The van der Waals surface area contributed by atoms with Crippen LogP contribution in [-0.2, 0) is 66.5 Å². The van der Waals surface area contributed by atoms with Gasteiger partial charge in [0.05, 0.1) is 43.1 Å². The number of methoxy groups -OCH3 is 1. The number of hydrogen-bond donors (Lipinski definition) is 1. The molecule has 0 unspecified atom stereocenters. The van der Waals surface area contributed by atoms with Crippen molar-refractivity contribution in [3.63, 3.8) is 0 Å². The Morgan fingerprint density at radius 1 is 0.582 bits per heavy atom. The number of allylic oxidation sites excluding steroid dienone is 1. The molecule has 1 heterocycles. The van der Waals surface area contributed by atoms with Gasteiger partial charge in [0.15, 0.2) is 18.5 Å². The highest BCUT2D eigenvalue weighted by Gasteiger charge is 2.53. The van der Waals surface area contributed by atoms with Gasteiger partial charge in [-0.1, -0.05) is 113 Å². The number of benzene rings is 3. The third-order valence-corrected chi connectivity index (χ3v) is 12.1. The van der Waals surface area contributed by atoms with E-state index in [4.69, 9.17) is 47.4 Å². The minimum atomic E-state index is -1.67. The fourth-order valence-corrected chi connectivity index (χ4v) is 8.30. The van der Waals surface area contributed by atoms with E-state index < -0.39 is 110 Å². The minimum Gasteiger partial charge on any atom is -0.469 e. The fraction of sp³-hybridized carbons (Fsp3) is 0.557. The van der Waals surface area contributed by atoms with Crippen LogP contribution >= 0.6 is 0 Å². The maximum absolute atomic E-state index is 14.2. The summed E-state index contributed by atoms with van der Waals surface area (Å²) < 4.78 is 59.9. The van der Waals surface area contributed by atoms with Crippen molar-refractivity contribution in [2.45, 2.75) is 186 Å². The number of carbonyl (C=O) groups is 7. The Balaban J connectivity index is 1.80. The van der Waals surface area contributed by atoms with Crippen molar-refractivity contribution in [1.29, 1.82) is 0 Å². The number of rotatable bonds is 33. The van der Waals surface area contributed by atoms with Crippen molar-refractivity contribution in [3.05, 3.63) is 120 Å². The van der Waals surface area contributed by atoms with Crippen LogP contribution in [0, 0.1) is 0 Å². The fourth-order valence-electron chi connectivity index (χ4n) is 8.30. The van der Waals surface area contributed by atoms with Gasteiger partial charge in [0.2, 0.25) is 5.91 Å². The van der Waals surface area contributed by atoms with Crippen molar-refractivity contribution in [2.24, 2.45) is 0 Å². The van der Waals surface area contributed by atoms with E-state index >= 15 is 0 Å². The van der Waals surface area contributed by atoms with Gasteiger partial charge in [-0.3, -0.25) is 9.59 Å². The highest BCUT2D eigenvalue weighted by molar-refractivity contribution is 5.91. The lowest BCUT2D eigenvalue weighted by molar-refractivity contribution is -0.308. The molecule has 4 rings (SSSR count). The molecule has 7 atom stereocenters. The molecule has 0 aliphatic carbocycles. The Hall–Kier alpha value is -6.47. The molecule has 1 amide bonds. The predicted molar refractivity (Wildman–Crippen MR) is 293 cm³/mol. The van der Waals surface area contributed by atoms with Crippen LogP contribution in [0.2, 0.25) is 0 Å². The van der Waals surface area contributed by atoms with Gasteiger partial charge in [-0.2, -0.15) is 0 Å². The Morgan fingerprint density at radius 2 is 1.09 bits per heavy atom. The average molecular weight is 1100 g/mol. The Morgan fingerprint density at radius 3 is 1.63 bits per heavy atom. The summed E-state index contributed by atoms with van der Waals surface area (Å²) in [4.78, 5) is 94.2. The number of nitrogens with one attached hydrogen (secondary N) is 1. The van der Waals surface area contributed by atoms with Crippen molar-refractivity contribution in [3.8, 4) is 0 Å². The standard InChI is InChI=1S/C61H83NO17/c1-9-10-11-12-15-27-36-47(74-56(67)43-30-21-18-22-31-43)46(62-49(63)37-28-16-13-14-17-29-38-50(64)70-8)39-73-59-55(77-58(69)45-34-25-20-26-35-45)54(76-57(68)44-32-23-19-24-33-44)53(72-42-52(66)79-61(5,6)7)48(75-59)40-71-41-51(65)78-60(2,3)4/h18-27,30-36,46-48,53-55,59H,9-17,28-29,37-42H2,1-8H3,(H,62,63)/b36-27+/t46-,47+,48+,53-,54-,55+,59-/m0/s1. The first kappa shape index (κ1) is 65.1. The van der Waals surface area contributed by atoms with Gasteiger partial charge in [0.1, 0.15) is 42.7 Å². The molecule has 1 saturated heterocycles. The topological polar surface area (TPSA) is 224 Å². The third-order valence-electron chi connectivity index (χ3n) is 12.1. The normalized spacial score (nSPS) is 18.2. The van der Waals surface area contributed by atoms with E-state index in [9.17, 15) is 33.6 Å². The molecular weight excluding hydrogens is 1020 g/mol. The summed E-state index contributed by atoms with van der Waals surface area (Å²) in [5, 5.41) is 3.04. The lowest BCUT2D eigenvalue weighted by atomic mass is 9.97. The molecule has 434 valence electrons. The van der Waals surface area contributed by atoms with E-state index in [1.807, 2.05) is 6.08 Å². The monoisotopic (exact) mass is 1100 g/mol. The maximum Gasteiger partial charge on any atom is 0.338 e. The van der Waals surface area contributed by atoms with Gasteiger partial charge in [0, 0.05) is 12.8 Å². The molecule has 3 aromatic carbocycles. The summed E-state index contributed by atoms with van der Waals surface area (Å²) in [6.07, 6.45) is 4.25. The molecule has 0 saturated carbocycles. The van der Waals surface area contributed by atoms with Gasteiger partial charge in [-0.15, -0.1) is 0 Å². The zero-order chi connectivity index (χ0) is 57.6. The quantitative estimate of drug-likeness (QED) is 0.0259. The van der Waals surface area contributed by atoms with Crippen LogP contribution in [0.15, 0.2) is 103 Å². The summed E-state index contributed by atoms with van der Waals surface area (Å²) in [5.74, 6) is -4.51. The van der Waals surface area contributed by atoms with E-state index in [1.54, 1.807) is 114 Å². The first-order valence-corrected chi connectivity index (χ1v) is 27.5. The number of amides is 1. The molecular formula is C61H83NO17. The highest BCUT2D eigenvalue weighted by Crippen LogP contribution is 2.32. The molecule has 1 aliphatic rings. The van der Waals surface area contributed by atoms with Crippen LogP contribution in [0.25, 0.3) is 0 Å². The molecule has 0 spiro atoms. The molecule has 1 aliphatic heterocycles. The van der Waals surface area contributed by atoms with Gasteiger partial charge in [-0.05, 0) is 110 Å².